The molecule has 1 aliphatic heterocycles. The largest absolute Gasteiger partial charge is 0.333 e. The van der Waals surface area contributed by atoms with Crippen LogP contribution in [0.5, 0.6) is 0 Å². The zero-order valence-corrected chi connectivity index (χ0v) is 10.3. The van der Waals surface area contributed by atoms with E-state index in [9.17, 15) is 14.4 Å². The predicted octanol–water partition coefficient (Wildman–Crippen LogP) is 0.869. The first kappa shape index (κ1) is 12.8. The van der Waals surface area contributed by atoms with Crippen molar-refractivity contribution >= 4 is 17.8 Å². The Bertz CT molecular complexity index is 603. The van der Waals surface area contributed by atoms with E-state index in [0.717, 1.165) is 9.80 Å². The standard InChI is InChI=1S/C13H11N3O3/c1-15-11(17)6-12(18)16(13(15)19)8-10-5-3-2-4-9(10)7-14/h2-5H,6,8H2,1H3. The molecule has 0 unspecified atom stereocenters. The van der Waals surface area contributed by atoms with E-state index in [2.05, 4.69) is 0 Å². The van der Waals surface area contributed by atoms with Crippen LogP contribution in [-0.4, -0.2) is 34.7 Å². The summed E-state index contributed by atoms with van der Waals surface area (Å²) in [7, 11) is 1.33. The summed E-state index contributed by atoms with van der Waals surface area (Å²) in [5.74, 6) is -1.05. The molecule has 0 aromatic heterocycles. The Labute approximate surface area is 109 Å². The van der Waals surface area contributed by atoms with E-state index >= 15 is 0 Å². The van der Waals surface area contributed by atoms with Crippen LogP contribution in [0.3, 0.4) is 0 Å². The first-order valence-electron chi connectivity index (χ1n) is 5.63. The molecule has 1 aliphatic rings. The maximum atomic E-state index is 11.9. The Morgan fingerprint density at radius 3 is 2.58 bits per heavy atom. The molecule has 0 radical (unpaired) electrons. The van der Waals surface area contributed by atoms with Crippen molar-refractivity contribution in [1.29, 1.82) is 5.26 Å². The van der Waals surface area contributed by atoms with Crippen molar-refractivity contribution in [3.05, 3.63) is 35.4 Å². The van der Waals surface area contributed by atoms with E-state index in [4.69, 9.17) is 5.26 Å². The van der Waals surface area contributed by atoms with Crippen molar-refractivity contribution in [3.63, 3.8) is 0 Å². The highest BCUT2D eigenvalue weighted by atomic mass is 16.2. The van der Waals surface area contributed by atoms with Crippen LogP contribution < -0.4 is 0 Å². The van der Waals surface area contributed by atoms with Crippen LogP contribution >= 0.6 is 0 Å². The highest BCUT2D eigenvalue weighted by Gasteiger charge is 2.35. The number of barbiturate groups is 1. The lowest BCUT2D eigenvalue weighted by Gasteiger charge is -2.30. The van der Waals surface area contributed by atoms with Gasteiger partial charge in [0.1, 0.15) is 6.42 Å². The van der Waals surface area contributed by atoms with E-state index in [1.165, 1.54) is 7.05 Å². The fourth-order valence-electron chi connectivity index (χ4n) is 1.83. The number of hydrogen-bond donors (Lipinski definition) is 0. The van der Waals surface area contributed by atoms with Gasteiger partial charge in [-0.1, -0.05) is 18.2 Å². The minimum absolute atomic E-state index is 0.000972. The Balaban J connectivity index is 2.28. The molecule has 1 fully saturated rings. The molecule has 4 amide bonds. The summed E-state index contributed by atoms with van der Waals surface area (Å²) in [4.78, 5) is 36.9. The number of nitrogens with zero attached hydrogens (tertiary/aromatic N) is 3. The summed E-state index contributed by atoms with van der Waals surface area (Å²) in [5, 5.41) is 8.97. The molecule has 0 bridgehead atoms. The lowest BCUT2D eigenvalue weighted by atomic mass is 10.1. The van der Waals surface area contributed by atoms with E-state index in [1.807, 2.05) is 6.07 Å². The normalized spacial score (nSPS) is 15.7. The summed E-state index contributed by atoms with van der Waals surface area (Å²) in [6.07, 6.45) is -0.322. The van der Waals surface area contributed by atoms with Crippen molar-refractivity contribution < 1.29 is 14.4 Å². The maximum absolute atomic E-state index is 11.9. The third-order valence-corrected chi connectivity index (χ3v) is 2.96. The predicted molar refractivity (Wildman–Crippen MR) is 64.5 cm³/mol. The third kappa shape index (κ3) is 2.31. The second-order valence-corrected chi connectivity index (χ2v) is 4.16. The molecule has 0 saturated carbocycles. The number of benzene rings is 1. The smallest absolute Gasteiger partial charge is 0.274 e. The van der Waals surface area contributed by atoms with Crippen LogP contribution in [0, 0.1) is 11.3 Å². The van der Waals surface area contributed by atoms with E-state index < -0.39 is 17.8 Å². The average Bonchev–Trinajstić information content (AvgIpc) is 2.41. The minimum atomic E-state index is -0.658. The first-order valence-corrected chi connectivity index (χ1v) is 5.63. The fraction of sp³-hybridized carbons (Fsp3) is 0.231. The molecule has 0 N–H and O–H groups in total. The highest BCUT2D eigenvalue weighted by molar-refractivity contribution is 6.13. The second-order valence-electron chi connectivity index (χ2n) is 4.16. The zero-order valence-electron chi connectivity index (χ0n) is 10.3. The first-order chi connectivity index (χ1) is 9.04. The number of carbonyl (C=O) groups is 3. The molecule has 6 nitrogen and oxygen atoms in total. The van der Waals surface area contributed by atoms with Gasteiger partial charge in [-0.3, -0.25) is 19.4 Å². The summed E-state index contributed by atoms with van der Waals surface area (Å²) in [6.45, 7) is -0.000972. The molecule has 1 heterocycles. The SMILES string of the molecule is CN1C(=O)CC(=O)N(Cc2ccccc2C#N)C1=O. The molecular formula is C13H11N3O3. The van der Waals surface area contributed by atoms with Gasteiger partial charge in [-0.2, -0.15) is 5.26 Å². The molecular weight excluding hydrogens is 246 g/mol. The van der Waals surface area contributed by atoms with E-state index in [-0.39, 0.29) is 13.0 Å². The van der Waals surface area contributed by atoms with Crippen molar-refractivity contribution in [2.45, 2.75) is 13.0 Å². The van der Waals surface area contributed by atoms with Gasteiger partial charge in [0, 0.05) is 7.05 Å². The summed E-state index contributed by atoms with van der Waals surface area (Å²) >= 11 is 0. The number of carbonyl (C=O) groups excluding carboxylic acids is 3. The number of hydrogen-bond acceptors (Lipinski definition) is 4. The molecule has 1 saturated heterocycles. The Morgan fingerprint density at radius 1 is 1.21 bits per heavy atom. The quantitative estimate of drug-likeness (QED) is 0.736. The fourth-order valence-corrected chi connectivity index (χ4v) is 1.83. The van der Waals surface area contributed by atoms with E-state index in [0.29, 0.717) is 11.1 Å². The second kappa shape index (κ2) is 4.90. The average molecular weight is 257 g/mol. The summed E-state index contributed by atoms with van der Waals surface area (Å²) in [6, 6.07) is 8.07. The highest BCUT2D eigenvalue weighted by Crippen LogP contribution is 2.16. The van der Waals surface area contributed by atoms with Gasteiger partial charge in [0.25, 0.3) is 0 Å². The Hall–Kier alpha value is -2.68. The minimum Gasteiger partial charge on any atom is -0.274 e. The van der Waals surface area contributed by atoms with Gasteiger partial charge in [-0.05, 0) is 11.6 Å². The number of urea groups is 1. The van der Waals surface area contributed by atoms with E-state index in [1.54, 1.807) is 24.3 Å². The van der Waals surface area contributed by atoms with Crippen molar-refractivity contribution in [2.24, 2.45) is 0 Å². The maximum Gasteiger partial charge on any atom is 0.333 e. The third-order valence-electron chi connectivity index (χ3n) is 2.96. The Morgan fingerprint density at radius 2 is 1.89 bits per heavy atom. The molecule has 1 aromatic carbocycles. The van der Waals surface area contributed by atoms with Crippen LogP contribution in [0.4, 0.5) is 4.79 Å². The number of nitriles is 1. The summed E-state index contributed by atoms with van der Waals surface area (Å²) in [5.41, 5.74) is 0.983. The van der Waals surface area contributed by atoms with Crippen LogP contribution in [-0.2, 0) is 16.1 Å². The number of imide groups is 2. The monoisotopic (exact) mass is 257 g/mol. The summed E-state index contributed by atoms with van der Waals surface area (Å²) < 4.78 is 0. The van der Waals surface area contributed by atoms with Crippen LogP contribution in [0.15, 0.2) is 24.3 Å². The molecule has 96 valence electrons. The van der Waals surface area contributed by atoms with Crippen molar-refractivity contribution in [1.82, 2.24) is 9.80 Å². The molecule has 1 aromatic rings. The zero-order chi connectivity index (χ0) is 14.0. The lowest BCUT2D eigenvalue weighted by molar-refractivity contribution is -0.142. The van der Waals surface area contributed by atoms with Gasteiger partial charge in [0.05, 0.1) is 18.2 Å². The van der Waals surface area contributed by atoms with Crippen molar-refractivity contribution in [2.75, 3.05) is 7.05 Å². The van der Waals surface area contributed by atoms with Crippen LogP contribution in [0.2, 0.25) is 0 Å². The Kier molecular flexibility index (Phi) is 3.29. The molecule has 0 spiro atoms. The molecule has 19 heavy (non-hydrogen) atoms. The molecule has 2 rings (SSSR count). The lowest BCUT2D eigenvalue weighted by Crippen LogP contribution is -2.52. The van der Waals surface area contributed by atoms with Crippen molar-refractivity contribution in [3.8, 4) is 6.07 Å². The number of amides is 4. The molecule has 6 heteroatoms. The van der Waals surface area contributed by atoms with Gasteiger partial charge in [-0.25, -0.2) is 4.79 Å². The number of rotatable bonds is 2. The van der Waals surface area contributed by atoms with Gasteiger partial charge in [0.2, 0.25) is 11.8 Å². The molecule has 0 aliphatic carbocycles. The van der Waals surface area contributed by atoms with Crippen LogP contribution in [0.25, 0.3) is 0 Å². The van der Waals surface area contributed by atoms with Gasteiger partial charge >= 0.3 is 6.03 Å². The van der Waals surface area contributed by atoms with Gasteiger partial charge in [0.15, 0.2) is 0 Å². The van der Waals surface area contributed by atoms with Gasteiger partial charge in [-0.15, -0.1) is 0 Å². The molecule has 0 atom stereocenters. The van der Waals surface area contributed by atoms with Crippen LogP contribution in [0.1, 0.15) is 17.5 Å². The topological polar surface area (TPSA) is 81.5 Å². The van der Waals surface area contributed by atoms with Gasteiger partial charge < -0.3 is 0 Å².